The maximum Gasteiger partial charge on any atom is 0.332 e. The first-order chi connectivity index (χ1) is 15.5. The molecule has 180 valence electrons. The third-order valence-electron chi connectivity index (χ3n) is 6.20. The summed E-state index contributed by atoms with van der Waals surface area (Å²) in [6, 6.07) is 0. The van der Waals surface area contributed by atoms with Crippen molar-refractivity contribution >= 4 is 11.2 Å². The predicted octanol–water partition coefficient (Wildman–Crippen LogP) is 1.13. The molecule has 1 fully saturated rings. The minimum Gasteiger partial charge on any atom is -0.394 e. The van der Waals surface area contributed by atoms with Crippen LogP contribution in [0.4, 0.5) is 0 Å². The van der Waals surface area contributed by atoms with Gasteiger partial charge in [0.1, 0.15) is 18.3 Å². The molecule has 4 atom stereocenters. The standard InChI is InChI=1S/C22H36N4O6/c1-3-5-7-9-11-24-19-16(20(30)25(22(24)31)12-10-8-6-4-2)26(14-23-19)21-18(29)17(28)15(13-27)32-21/h14-15,17-18,21,27-29H,3-13H2,1-2H3. The molecule has 3 rings (SSSR count). The molecule has 3 N–H and O–H groups in total. The average molecular weight is 453 g/mol. The van der Waals surface area contributed by atoms with Crippen molar-refractivity contribution in [1.29, 1.82) is 0 Å². The number of aliphatic hydroxyl groups is 3. The molecule has 0 spiro atoms. The molecule has 10 nitrogen and oxygen atoms in total. The molecule has 1 saturated heterocycles. The minimum atomic E-state index is -1.34. The third-order valence-corrected chi connectivity index (χ3v) is 6.20. The van der Waals surface area contributed by atoms with Crippen LogP contribution < -0.4 is 11.2 Å². The van der Waals surface area contributed by atoms with Gasteiger partial charge in [0, 0.05) is 13.1 Å². The SMILES string of the molecule is CCCCCCn1c(=O)c2c(ncn2C2OC(CO)C(O)C2O)n(CCCCCC)c1=O. The van der Waals surface area contributed by atoms with Gasteiger partial charge < -0.3 is 20.1 Å². The number of aromatic nitrogens is 4. The zero-order valence-corrected chi connectivity index (χ0v) is 19.0. The summed E-state index contributed by atoms with van der Waals surface area (Å²) in [5.74, 6) is 0. The largest absolute Gasteiger partial charge is 0.394 e. The van der Waals surface area contributed by atoms with Crippen molar-refractivity contribution in [3.05, 3.63) is 27.2 Å². The lowest BCUT2D eigenvalue weighted by molar-refractivity contribution is -0.0509. The fraction of sp³-hybridized carbons (Fsp3) is 0.773. The van der Waals surface area contributed by atoms with Gasteiger partial charge in [-0.2, -0.15) is 0 Å². The molecule has 1 aliphatic rings. The second-order valence-electron chi connectivity index (χ2n) is 8.57. The van der Waals surface area contributed by atoms with E-state index in [1.165, 1.54) is 20.0 Å². The van der Waals surface area contributed by atoms with Crippen LogP contribution in [0.2, 0.25) is 0 Å². The number of aryl methyl sites for hydroxylation is 1. The Balaban J connectivity index is 2.05. The predicted molar refractivity (Wildman–Crippen MR) is 120 cm³/mol. The van der Waals surface area contributed by atoms with Crippen LogP contribution in [0.15, 0.2) is 15.9 Å². The van der Waals surface area contributed by atoms with Crippen molar-refractivity contribution in [2.75, 3.05) is 6.61 Å². The first-order valence-electron chi connectivity index (χ1n) is 11.8. The van der Waals surface area contributed by atoms with E-state index in [1.807, 2.05) is 0 Å². The maximum atomic E-state index is 13.4. The average Bonchev–Trinajstić information content (AvgIpc) is 3.34. The Bertz CT molecular complexity index is 997. The highest BCUT2D eigenvalue weighted by molar-refractivity contribution is 5.70. The smallest absolute Gasteiger partial charge is 0.332 e. The van der Waals surface area contributed by atoms with E-state index < -0.39 is 36.7 Å². The first kappa shape index (κ1) is 24.6. The third kappa shape index (κ3) is 4.83. The summed E-state index contributed by atoms with van der Waals surface area (Å²) in [7, 11) is 0. The molecule has 4 unspecified atom stereocenters. The molecule has 0 aromatic carbocycles. The van der Waals surface area contributed by atoms with Crippen LogP contribution in [0.25, 0.3) is 11.2 Å². The van der Waals surface area contributed by atoms with E-state index in [2.05, 4.69) is 18.8 Å². The summed E-state index contributed by atoms with van der Waals surface area (Å²) in [6.45, 7) is 4.50. The first-order valence-corrected chi connectivity index (χ1v) is 11.8. The van der Waals surface area contributed by atoms with Crippen molar-refractivity contribution < 1.29 is 20.1 Å². The van der Waals surface area contributed by atoms with Gasteiger partial charge in [-0.05, 0) is 12.8 Å². The summed E-state index contributed by atoms with van der Waals surface area (Å²) in [6.07, 6.45) is 4.28. The molecule has 0 amide bonds. The Morgan fingerprint density at radius 3 is 2.12 bits per heavy atom. The Hall–Kier alpha value is -2.01. The number of hydrogen-bond donors (Lipinski definition) is 3. The fourth-order valence-corrected chi connectivity index (χ4v) is 4.30. The van der Waals surface area contributed by atoms with Crippen LogP contribution in [-0.2, 0) is 17.8 Å². The number of unbranched alkanes of at least 4 members (excludes halogenated alkanes) is 6. The van der Waals surface area contributed by atoms with Gasteiger partial charge in [-0.1, -0.05) is 52.4 Å². The lowest BCUT2D eigenvalue weighted by atomic mass is 10.1. The van der Waals surface area contributed by atoms with Gasteiger partial charge in [-0.15, -0.1) is 0 Å². The van der Waals surface area contributed by atoms with Crippen LogP contribution in [0.1, 0.15) is 71.4 Å². The zero-order valence-electron chi connectivity index (χ0n) is 19.0. The number of aliphatic hydroxyl groups excluding tert-OH is 3. The monoisotopic (exact) mass is 452 g/mol. The highest BCUT2D eigenvalue weighted by atomic mass is 16.6. The Kier molecular flexibility index (Phi) is 8.64. The molecule has 0 radical (unpaired) electrons. The molecule has 0 saturated carbocycles. The van der Waals surface area contributed by atoms with Gasteiger partial charge in [0.25, 0.3) is 5.56 Å². The molecule has 2 aromatic rings. The van der Waals surface area contributed by atoms with E-state index >= 15 is 0 Å². The Morgan fingerprint density at radius 1 is 0.938 bits per heavy atom. The van der Waals surface area contributed by atoms with E-state index in [4.69, 9.17) is 4.74 Å². The maximum absolute atomic E-state index is 13.4. The number of imidazole rings is 1. The number of fused-ring (bicyclic) bond motifs is 1. The van der Waals surface area contributed by atoms with Crippen LogP contribution >= 0.6 is 0 Å². The van der Waals surface area contributed by atoms with E-state index in [-0.39, 0.29) is 16.9 Å². The van der Waals surface area contributed by atoms with Crippen molar-refractivity contribution in [2.45, 2.75) is 103 Å². The summed E-state index contributed by atoms with van der Waals surface area (Å²) in [5, 5.41) is 30.0. The zero-order chi connectivity index (χ0) is 23.3. The van der Waals surface area contributed by atoms with E-state index in [0.29, 0.717) is 19.5 Å². The van der Waals surface area contributed by atoms with Gasteiger partial charge in [0.05, 0.1) is 12.9 Å². The lowest BCUT2D eigenvalue weighted by Crippen LogP contribution is -2.41. The molecule has 2 aromatic heterocycles. The van der Waals surface area contributed by atoms with Crippen molar-refractivity contribution in [2.24, 2.45) is 0 Å². The molecule has 10 heteroatoms. The molecule has 0 aliphatic carbocycles. The minimum absolute atomic E-state index is 0.158. The summed E-state index contributed by atoms with van der Waals surface area (Å²) >= 11 is 0. The van der Waals surface area contributed by atoms with Crippen molar-refractivity contribution in [1.82, 2.24) is 18.7 Å². The van der Waals surface area contributed by atoms with Gasteiger partial charge in [0.15, 0.2) is 17.4 Å². The lowest BCUT2D eigenvalue weighted by Gasteiger charge is -2.18. The number of hydrogen-bond acceptors (Lipinski definition) is 7. The van der Waals surface area contributed by atoms with Crippen LogP contribution in [0, 0.1) is 0 Å². The molecular formula is C22H36N4O6. The van der Waals surface area contributed by atoms with E-state index in [1.54, 1.807) is 0 Å². The Morgan fingerprint density at radius 2 is 1.56 bits per heavy atom. The van der Waals surface area contributed by atoms with Gasteiger partial charge in [-0.25, -0.2) is 9.78 Å². The number of rotatable bonds is 12. The Labute approximate surface area is 187 Å². The molecular weight excluding hydrogens is 416 g/mol. The van der Waals surface area contributed by atoms with Crippen molar-refractivity contribution in [3.8, 4) is 0 Å². The summed E-state index contributed by atoms with van der Waals surface area (Å²) in [5.41, 5.74) is -0.451. The molecule has 1 aliphatic heterocycles. The van der Waals surface area contributed by atoms with E-state index in [9.17, 15) is 24.9 Å². The van der Waals surface area contributed by atoms with Gasteiger partial charge in [-0.3, -0.25) is 18.5 Å². The number of ether oxygens (including phenoxy) is 1. The van der Waals surface area contributed by atoms with Crippen LogP contribution in [-0.4, -0.2) is 58.9 Å². The highest BCUT2D eigenvalue weighted by Crippen LogP contribution is 2.30. The topological polar surface area (TPSA) is 132 Å². The van der Waals surface area contributed by atoms with Crippen LogP contribution in [0.3, 0.4) is 0 Å². The second-order valence-corrected chi connectivity index (χ2v) is 8.57. The number of nitrogens with zero attached hydrogens (tertiary/aromatic N) is 4. The quantitative estimate of drug-likeness (QED) is 0.411. The summed E-state index contributed by atoms with van der Waals surface area (Å²) < 4.78 is 9.78. The van der Waals surface area contributed by atoms with E-state index in [0.717, 1.165) is 44.9 Å². The summed E-state index contributed by atoms with van der Waals surface area (Å²) in [4.78, 5) is 30.9. The molecule has 3 heterocycles. The van der Waals surface area contributed by atoms with Gasteiger partial charge >= 0.3 is 5.69 Å². The second kappa shape index (κ2) is 11.2. The van der Waals surface area contributed by atoms with Gasteiger partial charge in [0.2, 0.25) is 0 Å². The molecule has 32 heavy (non-hydrogen) atoms. The fourth-order valence-electron chi connectivity index (χ4n) is 4.30. The van der Waals surface area contributed by atoms with Crippen LogP contribution in [0.5, 0.6) is 0 Å². The molecule has 0 bridgehead atoms. The highest BCUT2D eigenvalue weighted by Gasteiger charge is 2.44. The van der Waals surface area contributed by atoms with Crippen molar-refractivity contribution in [3.63, 3.8) is 0 Å². The normalized spacial score (nSPS) is 23.4.